The van der Waals surface area contributed by atoms with Gasteiger partial charge in [-0.2, -0.15) is 0 Å². The van der Waals surface area contributed by atoms with E-state index in [1.165, 1.54) is 83.1 Å². The van der Waals surface area contributed by atoms with Gasteiger partial charge in [-0.25, -0.2) is 0 Å². The van der Waals surface area contributed by atoms with Crippen LogP contribution in [0.2, 0.25) is 0 Å². The van der Waals surface area contributed by atoms with Crippen LogP contribution >= 0.6 is 0 Å². The molecule has 2 heteroatoms. The van der Waals surface area contributed by atoms with Crippen LogP contribution in [0.15, 0.2) is 162 Å². The highest BCUT2D eigenvalue weighted by Crippen LogP contribution is 2.55. The molecule has 1 unspecified atom stereocenters. The molecule has 0 fully saturated rings. The van der Waals surface area contributed by atoms with Gasteiger partial charge in [0.25, 0.3) is 0 Å². The lowest BCUT2D eigenvalue weighted by atomic mass is 9.73. The molecule has 5 aromatic carbocycles. The van der Waals surface area contributed by atoms with E-state index < -0.39 is 0 Å². The number of terminal acetylenes is 1. The van der Waals surface area contributed by atoms with Crippen LogP contribution in [0.4, 0.5) is 5.69 Å². The minimum absolute atomic E-state index is 0.0471. The van der Waals surface area contributed by atoms with Gasteiger partial charge in [-0.05, 0) is 100 Å². The summed E-state index contributed by atoms with van der Waals surface area (Å²) in [5.41, 5.74) is 17.1. The summed E-state index contributed by atoms with van der Waals surface area (Å²) in [5.74, 6) is 0.439. The highest BCUT2D eigenvalue weighted by atomic mass is 15.1. The van der Waals surface area contributed by atoms with Crippen LogP contribution in [0, 0.1) is 24.2 Å². The van der Waals surface area contributed by atoms with Gasteiger partial charge in [0.05, 0.1) is 10.9 Å². The molecule has 6 aromatic rings. The van der Waals surface area contributed by atoms with Gasteiger partial charge in [-0.1, -0.05) is 175 Å². The van der Waals surface area contributed by atoms with Crippen molar-refractivity contribution in [3.05, 3.63) is 190 Å². The Labute approximate surface area is 351 Å². The van der Waals surface area contributed by atoms with E-state index in [4.69, 9.17) is 0 Å². The fraction of sp³-hybridized carbons (Fsp3) is 0.228. The van der Waals surface area contributed by atoms with Crippen LogP contribution < -0.4 is 15.5 Å². The quantitative estimate of drug-likeness (QED) is 0.111. The predicted molar refractivity (Wildman–Crippen MR) is 255 cm³/mol. The fourth-order valence-corrected chi connectivity index (χ4v) is 9.71. The predicted octanol–water partition coefficient (Wildman–Crippen LogP) is 13.1. The number of aromatic nitrogens is 1. The standard InChI is InChI=1S/C55H54N2.C2H2/c1-37-27-34-51(52-47-33-32-43(36-48(47)55(6,7)53(37)52)57-49-25-15-14-22-45(49)46-23-16-26-50(46)57)56(42-30-28-40(29-31-42)39-18-10-8-11-19-39)35-17-24-44(38(2)54(3,4)5)41-20-12-9-13-21-41;1-2/h8-15,17-26,28-34,36-37H,16,27,35H2,1-7H3;1-2H/b24-17-,44-38-;. The van der Waals surface area contributed by atoms with E-state index in [0.29, 0.717) is 5.92 Å². The zero-order valence-corrected chi connectivity index (χ0v) is 35.8. The molecular formula is C57H56N2. The number of hydrogen-bond acceptors (Lipinski definition) is 1. The Hall–Kier alpha value is -6.30. The molecule has 0 bridgehead atoms. The number of fused-ring (bicyclic) bond motifs is 5. The summed E-state index contributed by atoms with van der Waals surface area (Å²) < 4.78 is 2.49. The molecule has 0 aliphatic heterocycles. The summed E-state index contributed by atoms with van der Waals surface area (Å²) in [6.07, 6.45) is 22.0. The van der Waals surface area contributed by atoms with Crippen molar-refractivity contribution in [2.24, 2.45) is 11.3 Å². The Morgan fingerprint density at radius 1 is 0.797 bits per heavy atom. The molecule has 2 nitrogen and oxygen atoms in total. The number of allylic oxidation sites excluding steroid dienone is 6. The molecule has 1 heterocycles. The molecule has 294 valence electrons. The Bertz CT molecular complexity index is 2810. The summed E-state index contributed by atoms with van der Waals surface area (Å²) in [6.45, 7) is 17.3. The SMILES string of the molecule is C#C.C/C(=C(\C=C/CN(C1=CCC(C)C2=C1c1ccc(-n3c4c(c5ccccc53)=CCC=4)cc1C2(C)C)c1ccc(-c2ccccc2)cc1)c1ccccc1)C(C)(C)C. The van der Waals surface area contributed by atoms with Crippen molar-refractivity contribution < 1.29 is 0 Å². The monoisotopic (exact) mass is 768 g/mol. The second-order valence-corrected chi connectivity index (χ2v) is 17.7. The zero-order chi connectivity index (χ0) is 41.5. The number of para-hydroxylation sites is 1. The van der Waals surface area contributed by atoms with Crippen LogP contribution in [0.5, 0.6) is 0 Å². The van der Waals surface area contributed by atoms with Crippen molar-refractivity contribution >= 4 is 39.9 Å². The van der Waals surface area contributed by atoms with E-state index in [0.717, 1.165) is 19.4 Å². The number of rotatable bonds is 8. The third-order valence-corrected chi connectivity index (χ3v) is 12.9. The molecule has 0 saturated heterocycles. The lowest BCUT2D eigenvalue weighted by Crippen LogP contribution is -2.28. The van der Waals surface area contributed by atoms with E-state index in [2.05, 4.69) is 229 Å². The maximum absolute atomic E-state index is 4.00. The Balaban J connectivity index is 0.00000238. The van der Waals surface area contributed by atoms with Crippen LogP contribution in [-0.4, -0.2) is 11.1 Å². The molecule has 0 spiro atoms. The van der Waals surface area contributed by atoms with E-state index >= 15 is 0 Å². The van der Waals surface area contributed by atoms with Gasteiger partial charge >= 0.3 is 0 Å². The highest BCUT2D eigenvalue weighted by Gasteiger charge is 2.43. The van der Waals surface area contributed by atoms with Gasteiger partial charge in [0.15, 0.2) is 0 Å². The third kappa shape index (κ3) is 7.04. The van der Waals surface area contributed by atoms with Gasteiger partial charge in [0.2, 0.25) is 0 Å². The molecule has 9 rings (SSSR count). The molecule has 0 N–H and O–H groups in total. The molecule has 3 aliphatic carbocycles. The molecular weight excluding hydrogens is 713 g/mol. The average Bonchev–Trinajstić information content (AvgIpc) is 3.92. The first-order chi connectivity index (χ1) is 28.5. The smallest absolute Gasteiger partial charge is 0.0540 e. The number of nitrogens with zero attached hydrogens (tertiary/aromatic N) is 2. The Morgan fingerprint density at radius 2 is 1.46 bits per heavy atom. The molecule has 1 aromatic heterocycles. The molecule has 0 amide bonds. The first-order valence-electron chi connectivity index (χ1n) is 21.1. The summed E-state index contributed by atoms with van der Waals surface area (Å²) in [6, 6.07) is 47.0. The van der Waals surface area contributed by atoms with Crippen molar-refractivity contribution in [2.75, 3.05) is 11.4 Å². The second kappa shape index (κ2) is 15.8. The summed E-state index contributed by atoms with van der Waals surface area (Å²) in [5, 5.41) is 4.02. The first kappa shape index (κ1) is 39.5. The molecule has 0 radical (unpaired) electrons. The van der Waals surface area contributed by atoms with Gasteiger partial charge < -0.3 is 9.47 Å². The molecule has 3 aliphatic rings. The van der Waals surface area contributed by atoms with E-state index in [1.807, 2.05) is 0 Å². The lowest BCUT2D eigenvalue weighted by molar-refractivity contribution is 0.506. The Morgan fingerprint density at radius 3 is 2.17 bits per heavy atom. The van der Waals surface area contributed by atoms with Gasteiger partial charge in [-0.3, -0.25) is 0 Å². The van der Waals surface area contributed by atoms with E-state index in [1.54, 1.807) is 5.57 Å². The fourth-order valence-electron chi connectivity index (χ4n) is 9.71. The molecule has 59 heavy (non-hydrogen) atoms. The van der Waals surface area contributed by atoms with Crippen molar-refractivity contribution in [1.82, 2.24) is 4.57 Å². The van der Waals surface area contributed by atoms with Crippen LogP contribution in [0.3, 0.4) is 0 Å². The highest BCUT2D eigenvalue weighted by molar-refractivity contribution is 5.94. The van der Waals surface area contributed by atoms with E-state index in [-0.39, 0.29) is 10.8 Å². The zero-order valence-electron chi connectivity index (χ0n) is 35.8. The molecule has 0 saturated carbocycles. The second-order valence-electron chi connectivity index (χ2n) is 17.7. The maximum atomic E-state index is 4.00. The largest absolute Gasteiger partial charge is 0.337 e. The number of hydrogen-bond donors (Lipinski definition) is 0. The Kier molecular flexibility index (Phi) is 10.6. The summed E-state index contributed by atoms with van der Waals surface area (Å²) in [7, 11) is 0. The third-order valence-electron chi connectivity index (χ3n) is 12.9. The summed E-state index contributed by atoms with van der Waals surface area (Å²) >= 11 is 0. The van der Waals surface area contributed by atoms with Crippen LogP contribution in [0.1, 0.15) is 78.0 Å². The number of anilines is 1. The van der Waals surface area contributed by atoms with Crippen molar-refractivity contribution in [1.29, 1.82) is 0 Å². The lowest BCUT2D eigenvalue weighted by Gasteiger charge is -2.35. The van der Waals surface area contributed by atoms with Gasteiger partial charge in [-0.15, -0.1) is 12.8 Å². The first-order valence-corrected chi connectivity index (χ1v) is 21.1. The molecule has 1 atom stereocenters. The van der Waals surface area contributed by atoms with Crippen molar-refractivity contribution in [3.63, 3.8) is 0 Å². The van der Waals surface area contributed by atoms with Gasteiger partial charge in [0, 0.05) is 45.2 Å². The minimum Gasteiger partial charge on any atom is -0.337 e. The van der Waals surface area contributed by atoms with Crippen LogP contribution in [0.25, 0.3) is 51.0 Å². The van der Waals surface area contributed by atoms with Crippen molar-refractivity contribution in [3.8, 4) is 29.7 Å². The summed E-state index contributed by atoms with van der Waals surface area (Å²) in [4.78, 5) is 2.57. The van der Waals surface area contributed by atoms with Crippen LogP contribution in [-0.2, 0) is 5.41 Å². The van der Waals surface area contributed by atoms with Gasteiger partial charge in [0.1, 0.15) is 0 Å². The van der Waals surface area contributed by atoms with Crippen molar-refractivity contribution in [2.45, 2.75) is 66.7 Å². The average molecular weight is 769 g/mol. The normalized spacial score (nSPS) is 16.9. The number of benzene rings is 5. The minimum atomic E-state index is -0.118. The topological polar surface area (TPSA) is 8.17 Å². The van der Waals surface area contributed by atoms with E-state index in [9.17, 15) is 0 Å². The maximum Gasteiger partial charge on any atom is 0.0540 e.